The van der Waals surface area contributed by atoms with Gasteiger partial charge in [-0.25, -0.2) is 8.42 Å². The van der Waals surface area contributed by atoms with Crippen molar-refractivity contribution in [2.45, 2.75) is 11.8 Å². The van der Waals surface area contributed by atoms with Crippen molar-refractivity contribution in [1.29, 1.82) is 0 Å². The number of benzene rings is 1. The number of aliphatic hydroxyl groups is 1. The predicted molar refractivity (Wildman–Crippen MR) is 53.4 cm³/mol. The molecule has 14 heavy (non-hydrogen) atoms. The molecule has 4 heteroatoms. The molecule has 0 atom stereocenters. The highest BCUT2D eigenvalue weighted by molar-refractivity contribution is 7.95. The summed E-state index contributed by atoms with van der Waals surface area (Å²) in [6.07, 6.45) is 1.53. The molecule has 0 amide bonds. The van der Waals surface area contributed by atoms with Crippen LogP contribution in [-0.2, 0) is 9.84 Å². The van der Waals surface area contributed by atoms with E-state index in [1.54, 1.807) is 18.2 Å². The van der Waals surface area contributed by atoms with Crippen LogP contribution in [0.4, 0.5) is 0 Å². The molecule has 1 N–H and O–H groups in total. The van der Waals surface area contributed by atoms with E-state index in [0.717, 1.165) is 5.56 Å². The molecule has 1 aliphatic rings. The van der Waals surface area contributed by atoms with Crippen LogP contribution >= 0.6 is 0 Å². The van der Waals surface area contributed by atoms with Gasteiger partial charge in [0, 0.05) is 0 Å². The number of fused-ring (bicyclic) bond motifs is 1. The van der Waals surface area contributed by atoms with Crippen molar-refractivity contribution < 1.29 is 13.5 Å². The van der Waals surface area contributed by atoms with E-state index in [9.17, 15) is 8.42 Å². The highest BCUT2D eigenvalue weighted by atomic mass is 32.2. The van der Waals surface area contributed by atoms with Crippen LogP contribution in [0.2, 0.25) is 0 Å². The van der Waals surface area contributed by atoms with Crippen molar-refractivity contribution in [3.05, 3.63) is 34.2 Å². The smallest absolute Gasteiger partial charge is 0.205 e. The molecule has 0 fully saturated rings. The van der Waals surface area contributed by atoms with E-state index in [4.69, 9.17) is 5.11 Å². The lowest BCUT2D eigenvalue weighted by atomic mass is 10.1. The van der Waals surface area contributed by atoms with Crippen LogP contribution in [0.1, 0.15) is 11.1 Å². The van der Waals surface area contributed by atoms with E-state index in [1.807, 2.05) is 6.92 Å². The summed E-state index contributed by atoms with van der Waals surface area (Å²) in [6.45, 7) is 1.47. The first-order valence-corrected chi connectivity index (χ1v) is 5.71. The second kappa shape index (κ2) is 2.93. The molecule has 0 bridgehead atoms. The molecular formula is C10H10O3S. The average Bonchev–Trinajstić information content (AvgIpc) is 2.37. The number of hydrogen-bond acceptors (Lipinski definition) is 3. The Morgan fingerprint density at radius 1 is 1.36 bits per heavy atom. The summed E-state index contributed by atoms with van der Waals surface area (Å²) in [5, 5.41) is 8.90. The Kier molecular flexibility index (Phi) is 1.97. The van der Waals surface area contributed by atoms with E-state index in [1.165, 1.54) is 6.08 Å². The quantitative estimate of drug-likeness (QED) is 0.755. The Morgan fingerprint density at radius 3 is 2.71 bits per heavy atom. The molecule has 0 saturated carbocycles. The topological polar surface area (TPSA) is 54.4 Å². The van der Waals surface area contributed by atoms with Crippen molar-refractivity contribution in [3.8, 4) is 0 Å². The number of rotatable bonds is 1. The summed E-state index contributed by atoms with van der Waals surface area (Å²) in [5.74, 6) is 0. The molecule has 0 aliphatic carbocycles. The van der Waals surface area contributed by atoms with Gasteiger partial charge in [-0.15, -0.1) is 0 Å². The zero-order chi connectivity index (χ0) is 10.3. The third-order valence-electron chi connectivity index (χ3n) is 2.27. The van der Waals surface area contributed by atoms with Gasteiger partial charge in [-0.2, -0.15) is 0 Å². The van der Waals surface area contributed by atoms with Crippen LogP contribution < -0.4 is 0 Å². The number of aliphatic hydroxyl groups excluding tert-OH is 1. The first-order valence-electron chi connectivity index (χ1n) is 4.23. The van der Waals surface area contributed by atoms with Gasteiger partial charge < -0.3 is 5.11 Å². The Hall–Kier alpha value is -1.13. The Morgan fingerprint density at radius 2 is 2.07 bits per heavy atom. The normalized spacial score (nSPS) is 17.7. The minimum Gasteiger partial charge on any atom is -0.391 e. The fourth-order valence-corrected chi connectivity index (χ4v) is 2.96. The summed E-state index contributed by atoms with van der Waals surface area (Å²) in [7, 11) is -3.40. The SMILES string of the molecule is Cc1ccc2c(c1)C=C(CO)S2(=O)=O. The third kappa shape index (κ3) is 1.19. The Bertz CT molecular complexity index is 512. The van der Waals surface area contributed by atoms with Crippen molar-refractivity contribution in [2.75, 3.05) is 6.61 Å². The fraction of sp³-hybridized carbons (Fsp3) is 0.200. The second-order valence-electron chi connectivity index (χ2n) is 3.31. The molecule has 1 heterocycles. The lowest BCUT2D eigenvalue weighted by molar-refractivity contribution is 0.339. The molecule has 0 saturated heterocycles. The van der Waals surface area contributed by atoms with Gasteiger partial charge in [0.25, 0.3) is 0 Å². The summed E-state index contributed by atoms with van der Waals surface area (Å²) in [4.78, 5) is 0.380. The number of hydrogen-bond donors (Lipinski definition) is 1. The highest BCUT2D eigenvalue weighted by Gasteiger charge is 2.28. The maximum atomic E-state index is 11.7. The minimum atomic E-state index is -3.40. The molecule has 0 unspecified atom stereocenters. The standard InChI is InChI=1S/C10H10O3S/c1-7-2-3-10-8(4-7)5-9(6-11)14(10,12)13/h2-5,11H,6H2,1H3. The lowest BCUT2D eigenvalue weighted by Crippen LogP contribution is -2.03. The molecule has 3 nitrogen and oxygen atoms in total. The second-order valence-corrected chi connectivity index (χ2v) is 5.28. The van der Waals surface area contributed by atoms with Crippen LogP contribution in [0, 0.1) is 6.92 Å². The number of aryl methyl sites for hydroxylation is 1. The van der Waals surface area contributed by atoms with Crippen molar-refractivity contribution in [3.63, 3.8) is 0 Å². The predicted octanol–water partition coefficient (Wildman–Crippen LogP) is 1.12. The van der Waals surface area contributed by atoms with Crippen LogP contribution in [0.3, 0.4) is 0 Å². The molecular weight excluding hydrogens is 200 g/mol. The van der Waals surface area contributed by atoms with Gasteiger partial charge in [0.1, 0.15) is 0 Å². The monoisotopic (exact) mass is 210 g/mol. The first kappa shape index (κ1) is 9.43. The lowest BCUT2D eigenvalue weighted by Gasteiger charge is -2.00. The summed E-state index contributed by atoms with van der Waals surface area (Å²) < 4.78 is 23.4. The van der Waals surface area contributed by atoms with Crippen LogP contribution in [-0.4, -0.2) is 20.1 Å². The Balaban J connectivity index is 2.71. The van der Waals surface area contributed by atoms with E-state index in [0.29, 0.717) is 10.5 Å². The van der Waals surface area contributed by atoms with Gasteiger partial charge >= 0.3 is 0 Å². The third-order valence-corrected chi connectivity index (χ3v) is 4.16. The van der Waals surface area contributed by atoms with Crippen molar-refractivity contribution >= 4 is 15.9 Å². The molecule has 2 rings (SSSR count). The summed E-state index contributed by atoms with van der Waals surface area (Å²) in [6, 6.07) is 5.14. The molecule has 1 aromatic carbocycles. The van der Waals surface area contributed by atoms with Gasteiger partial charge in [0.15, 0.2) is 0 Å². The van der Waals surface area contributed by atoms with Gasteiger partial charge in [0.05, 0.1) is 16.4 Å². The maximum absolute atomic E-state index is 11.7. The Labute approximate surface area is 82.6 Å². The van der Waals surface area contributed by atoms with Crippen molar-refractivity contribution in [1.82, 2.24) is 0 Å². The molecule has 0 radical (unpaired) electrons. The van der Waals surface area contributed by atoms with Gasteiger partial charge in [-0.05, 0) is 24.6 Å². The maximum Gasteiger partial charge on any atom is 0.205 e. The van der Waals surface area contributed by atoms with E-state index >= 15 is 0 Å². The fourth-order valence-electron chi connectivity index (χ4n) is 1.55. The molecule has 1 aliphatic heterocycles. The summed E-state index contributed by atoms with van der Waals surface area (Å²) >= 11 is 0. The van der Waals surface area contributed by atoms with Gasteiger partial charge in [-0.3, -0.25) is 0 Å². The molecule has 0 spiro atoms. The van der Waals surface area contributed by atoms with Crippen LogP contribution in [0.15, 0.2) is 28.0 Å². The zero-order valence-electron chi connectivity index (χ0n) is 7.69. The van der Waals surface area contributed by atoms with E-state index < -0.39 is 16.4 Å². The van der Waals surface area contributed by atoms with Crippen LogP contribution in [0.25, 0.3) is 6.08 Å². The van der Waals surface area contributed by atoms with E-state index in [-0.39, 0.29) is 4.91 Å². The first-order chi connectivity index (χ1) is 6.55. The highest BCUT2D eigenvalue weighted by Crippen LogP contribution is 2.32. The van der Waals surface area contributed by atoms with Crippen molar-refractivity contribution in [2.24, 2.45) is 0 Å². The largest absolute Gasteiger partial charge is 0.391 e. The van der Waals surface area contributed by atoms with Gasteiger partial charge in [0.2, 0.25) is 9.84 Å². The zero-order valence-corrected chi connectivity index (χ0v) is 8.50. The minimum absolute atomic E-state index is 0.0816. The molecule has 74 valence electrons. The number of sulfone groups is 1. The summed E-state index contributed by atoms with van der Waals surface area (Å²) in [5.41, 5.74) is 1.68. The molecule has 0 aromatic heterocycles. The van der Waals surface area contributed by atoms with Gasteiger partial charge in [-0.1, -0.05) is 17.7 Å². The molecule has 1 aromatic rings. The van der Waals surface area contributed by atoms with E-state index in [2.05, 4.69) is 0 Å². The average molecular weight is 210 g/mol. The van der Waals surface area contributed by atoms with Crippen LogP contribution in [0.5, 0.6) is 0 Å².